The molecule has 1 heteroatoms. The highest BCUT2D eigenvalue weighted by atomic mass is 16.3. The zero-order valence-electron chi connectivity index (χ0n) is 8.09. The lowest BCUT2D eigenvalue weighted by Gasteiger charge is -2.08. The molecule has 1 aromatic carbocycles. The van der Waals surface area contributed by atoms with E-state index in [4.69, 9.17) is 0 Å². The van der Waals surface area contributed by atoms with Crippen LogP contribution in [0.2, 0.25) is 0 Å². The molecule has 1 aliphatic rings. The van der Waals surface area contributed by atoms with E-state index in [2.05, 4.69) is 13.0 Å². The summed E-state index contributed by atoms with van der Waals surface area (Å²) < 4.78 is 0. The molecule has 0 unspecified atom stereocenters. The highest BCUT2D eigenvalue weighted by Gasteiger charge is 2.22. The number of phenolic OH excluding ortho intramolecular Hbond substituents is 1. The molecule has 70 valence electrons. The molecular formula is C12H16O. The maximum atomic E-state index is 9.62. The van der Waals surface area contributed by atoms with E-state index in [1.165, 1.54) is 18.4 Å². The normalized spacial score (nSPS) is 16.1. The fourth-order valence-electron chi connectivity index (χ4n) is 1.85. The van der Waals surface area contributed by atoms with Crippen molar-refractivity contribution in [3.8, 4) is 5.75 Å². The van der Waals surface area contributed by atoms with Crippen LogP contribution in [0.4, 0.5) is 0 Å². The second kappa shape index (κ2) is 3.41. The quantitative estimate of drug-likeness (QED) is 0.750. The zero-order chi connectivity index (χ0) is 9.26. The highest BCUT2D eigenvalue weighted by molar-refractivity contribution is 5.39. The fourth-order valence-corrected chi connectivity index (χ4v) is 1.85. The Kier molecular flexibility index (Phi) is 2.26. The Balaban J connectivity index is 2.25. The Bertz CT molecular complexity index is 300. The van der Waals surface area contributed by atoms with Crippen molar-refractivity contribution in [2.45, 2.75) is 32.6 Å². The van der Waals surface area contributed by atoms with Gasteiger partial charge in [-0.25, -0.2) is 0 Å². The first-order valence-electron chi connectivity index (χ1n) is 5.11. The Morgan fingerprint density at radius 1 is 1.38 bits per heavy atom. The topological polar surface area (TPSA) is 20.2 Å². The van der Waals surface area contributed by atoms with Crippen LogP contribution in [0.1, 0.15) is 30.9 Å². The van der Waals surface area contributed by atoms with Gasteiger partial charge in [0.1, 0.15) is 5.75 Å². The molecule has 1 N–H and O–H groups in total. The molecule has 1 saturated carbocycles. The predicted octanol–water partition coefficient (Wildman–Crippen LogP) is 2.91. The summed E-state index contributed by atoms with van der Waals surface area (Å²) in [5, 5.41) is 9.62. The van der Waals surface area contributed by atoms with E-state index >= 15 is 0 Å². The van der Waals surface area contributed by atoms with E-state index in [1.54, 1.807) is 6.07 Å². The van der Waals surface area contributed by atoms with Gasteiger partial charge in [0.15, 0.2) is 0 Å². The van der Waals surface area contributed by atoms with Crippen molar-refractivity contribution in [1.82, 2.24) is 0 Å². The zero-order valence-corrected chi connectivity index (χ0v) is 8.09. The van der Waals surface area contributed by atoms with Gasteiger partial charge in [0, 0.05) is 0 Å². The Labute approximate surface area is 79.4 Å². The molecule has 13 heavy (non-hydrogen) atoms. The average Bonchev–Trinajstić information content (AvgIpc) is 2.89. The lowest BCUT2D eigenvalue weighted by atomic mass is 9.99. The van der Waals surface area contributed by atoms with Crippen LogP contribution in [-0.2, 0) is 12.8 Å². The van der Waals surface area contributed by atoms with E-state index in [1.807, 2.05) is 6.07 Å². The van der Waals surface area contributed by atoms with Crippen molar-refractivity contribution >= 4 is 0 Å². The van der Waals surface area contributed by atoms with E-state index in [-0.39, 0.29) is 0 Å². The van der Waals surface area contributed by atoms with Gasteiger partial charge in [-0.3, -0.25) is 0 Å². The van der Waals surface area contributed by atoms with Crippen molar-refractivity contribution in [3.63, 3.8) is 0 Å². The predicted molar refractivity (Wildman–Crippen MR) is 53.9 cm³/mol. The molecule has 0 heterocycles. The standard InChI is InChI=1S/C12H16O/c1-2-11-10(8-9-6-7-9)4-3-5-12(11)13/h3-5,9,13H,2,6-8H2,1H3. The van der Waals surface area contributed by atoms with Crippen molar-refractivity contribution < 1.29 is 5.11 Å². The second-order valence-electron chi connectivity index (χ2n) is 3.92. The van der Waals surface area contributed by atoms with E-state index < -0.39 is 0 Å². The Morgan fingerprint density at radius 3 is 2.77 bits per heavy atom. The summed E-state index contributed by atoms with van der Waals surface area (Å²) in [5.41, 5.74) is 2.50. The summed E-state index contributed by atoms with van der Waals surface area (Å²) >= 11 is 0. The number of rotatable bonds is 3. The summed E-state index contributed by atoms with van der Waals surface area (Å²) in [6.07, 6.45) is 4.85. The largest absolute Gasteiger partial charge is 0.508 e. The number of hydrogen-bond donors (Lipinski definition) is 1. The molecule has 0 radical (unpaired) electrons. The van der Waals surface area contributed by atoms with Crippen LogP contribution in [0.15, 0.2) is 18.2 Å². The van der Waals surface area contributed by atoms with Crippen molar-refractivity contribution in [3.05, 3.63) is 29.3 Å². The van der Waals surface area contributed by atoms with Crippen molar-refractivity contribution in [2.75, 3.05) is 0 Å². The molecule has 0 aromatic heterocycles. The number of aromatic hydroxyl groups is 1. The Morgan fingerprint density at radius 2 is 2.15 bits per heavy atom. The molecule has 1 aliphatic carbocycles. The Hall–Kier alpha value is -0.980. The maximum absolute atomic E-state index is 9.62. The molecule has 0 saturated heterocycles. The summed E-state index contributed by atoms with van der Waals surface area (Å²) in [4.78, 5) is 0. The molecule has 0 atom stereocenters. The first-order chi connectivity index (χ1) is 6.31. The van der Waals surface area contributed by atoms with Crippen LogP contribution in [0, 0.1) is 5.92 Å². The van der Waals surface area contributed by atoms with Gasteiger partial charge >= 0.3 is 0 Å². The second-order valence-corrected chi connectivity index (χ2v) is 3.92. The summed E-state index contributed by atoms with van der Waals surface area (Å²) in [7, 11) is 0. The van der Waals surface area contributed by atoms with Crippen LogP contribution < -0.4 is 0 Å². The first kappa shape index (κ1) is 8.61. The van der Waals surface area contributed by atoms with Gasteiger partial charge in [0.2, 0.25) is 0 Å². The van der Waals surface area contributed by atoms with Crippen LogP contribution in [-0.4, -0.2) is 5.11 Å². The third-order valence-electron chi connectivity index (χ3n) is 2.81. The van der Waals surface area contributed by atoms with Crippen LogP contribution >= 0.6 is 0 Å². The van der Waals surface area contributed by atoms with Gasteiger partial charge in [-0.15, -0.1) is 0 Å². The first-order valence-corrected chi connectivity index (χ1v) is 5.11. The molecule has 0 bridgehead atoms. The van der Waals surface area contributed by atoms with Gasteiger partial charge in [-0.1, -0.05) is 19.1 Å². The summed E-state index contributed by atoms with van der Waals surface area (Å²) in [6.45, 7) is 2.10. The molecule has 2 rings (SSSR count). The third kappa shape index (κ3) is 1.85. The molecule has 1 aromatic rings. The lowest BCUT2D eigenvalue weighted by molar-refractivity contribution is 0.467. The summed E-state index contributed by atoms with van der Waals surface area (Å²) in [6, 6.07) is 5.89. The van der Waals surface area contributed by atoms with E-state index in [0.29, 0.717) is 5.75 Å². The number of benzene rings is 1. The van der Waals surface area contributed by atoms with Crippen molar-refractivity contribution in [2.24, 2.45) is 5.92 Å². The smallest absolute Gasteiger partial charge is 0.119 e. The molecule has 1 nitrogen and oxygen atoms in total. The van der Waals surface area contributed by atoms with Crippen LogP contribution in [0.3, 0.4) is 0 Å². The minimum absolute atomic E-state index is 0.473. The van der Waals surface area contributed by atoms with Gasteiger partial charge in [0.05, 0.1) is 0 Å². The number of phenols is 1. The molecule has 0 amide bonds. The average molecular weight is 176 g/mol. The maximum Gasteiger partial charge on any atom is 0.119 e. The van der Waals surface area contributed by atoms with Gasteiger partial charge in [-0.2, -0.15) is 0 Å². The third-order valence-corrected chi connectivity index (χ3v) is 2.81. The van der Waals surface area contributed by atoms with Crippen LogP contribution in [0.5, 0.6) is 5.75 Å². The molecular weight excluding hydrogens is 160 g/mol. The monoisotopic (exact) mass is 176 g/mol. The molecule has 0 aliphatic heterocycles. The van der Waals surface area contributed by atoms with Gasteiger partial charge < -0.3 is 5.11 Å². The number of hydrogen-bond acceptors (Lipinski definition) is 1. The molecule has 1 fully saturated rings. The SMILES string of the molecule is CCc1c(O)cccc1CC1CC1. The van der Waals surface area contributed by atoms with Gasteiger partial charge in [-0.05, 0) is 48.8 Å². The minimum Gasteiger partial charge on any atom is -0.508 e. The van der Waals surface area contributed by atoms with Crippen LogP contribution in [0.25, 0.3) is 0 Å². The van der Waals surface area contributed by atoms with E-state index in [0.717, 1.165) is 24.3 Å². The van der Waals surface area contributed by atoms with Gasteiger partial charge in [0.25, 0.3) is 0 Å². The summed E-state index contributed by atoms with van der Waals surface area (Å²) in [5.74, 6) is 1.37. The molecule has 0 spiro atoms. The fraction of sp³-hybridized carbons (Fsp3) is 0.500. The minimum atomic E-state index is 0.473. The lowest BCUT2D eigenvalue weighted by Crippen LogP contribution is -1.94. The van der Waals surface area contributed by atoms with E-state index in [9.17, 15) is 5.11 Å². The highest BCUT2D eigenvalue weighted by Crippen LogP contribution is 2.35. The van der Waals surface area contributed by atoms with Crippen molar-refractivity contribution in [1.29, 1.82) is 0 Å².